The predicted molar refractivity (Wildman–Crippen MR) is 72.1 cm³/mol. The maximum absolute atomic E-state index is 11.7. The zero-order valence-electron chi connectivity index (χ0n) is 10.1. The molecule has 0 N–H and O–H groups in total. The fraction of sp³-hybridized carbons (Fsp3) is 1.00. The van der Waals surface area contributed by atoms with Crippen LogP contribution in [0.3, 0.4) is 0 Å². The highest BCUT2D eigenvalue weighted by Crippen LogP contribution is 2.19. The average molecular weight is 339 g/mol. The van der Waals surface area contributed by atoms with Gasteiger partial charge in [-0.25, -0.2) is 16.8 Å². The van der Waals surface area contributed by atoms with Gasteiger partial charge < -0.3 is 0 Å². The maximum Gasteiger partial charge on any atom is 0.211 e. The third-order valence-electron chi connectivity index (χ3n) is 2.67. The molecule has 0 amide bonds. The van der Waals surface area contributed by atoms with Crippen LogP contribution in [0.1, 0.15) is 0 Å². The van der Waals surface area contributed by atoms with Crippen LogP contribution in [0.4, 0.5) is 0 Å². The summed E-state index contributed by atoms with van der Waals surface area (Å²) in [4.78, 5) is 0. The van der Waals surface area contributed by atoms with Gasteiger partial charge in [0.15, 0.2) is 0 Å². The molecule has 0 aliphatic carbocycles. The lowest BCUT2D eigenvalue weighted by Gasteiger charge is -2.27. The molecular weight excluding hydrogens is 323 g/mol. The molecule has 0 aromatic carbocycles. The Kier molecular flexibility index (Phi) is 5.30. The standard InChI is InChI=1S/C8H16Cl2N2O4S2/c1-17(13,14)11-4-7(10)5-12(18(2,15)16)8(3-9)6-11/h7-8H,3-6H2,1-2H3. The van der Waals surface area contributed by atoms with Gasteiger partial charge in [-0.15, -0.1) is 23.2 Å². The molecule has 0 saturated carbocycles. The average Bonchev–Trinajstić information content (AvgIpc) is 2.35. The number of sulfonamides is 2. The van der Waals surface area contributed by atoms with Crippen molar-refractivity contribution in [2.45, 2.75) is 11.4 Å². The Morgan fingerprint density at radius 2 is 1.61 bits per heavy atom. The Bertz CT molecular complexity index is 493. The van der Waals surface area contributed by atoms with E-state index in [-0.39, 0.29) is 25.5 Å². The summed E-state index contributed by atoms with van der Waals surface area (Å²) in [5.74, 6) is 0.0166. The number of hydrogen-bond donors (Lipinski definition) is 0. The second-order valence-electron chi connectivity index (χ2n) is 4.32. The van der Waals surface area contributed by atoms with E-state index in [0.717, 1.165) is 12.5 Å². The molecule has 2 unspecified atom stereocenters. The number of hydrogen-bond acceptors (Lipinski definition) is 4. The van der Waals surface area contributed by atoms with E-state index in [1.165, 1.54) is 8.61 Å². The fourth-order valence-electron chi connectivity index (χ4n) is 1.83. The van der Waals surface area contributed by atoms with E-state index in [1.807, 2.05) is 0 Å². The van der Waals surface area contributed by atoms with Crippen LogP contribution in [0.25, 0.3) is 0 Å². The summed E-state index contributed by atoms with van der Waals surface area (Å²) in [5.41, 5.74) is 0. The van der Waals surface area contributed by atoms with Gasteiger partial charge >= 0.3 is 0 Å². The molecule has 18 heavy (non-hydrogen) atoms. The van der Waals surface area contributed by atoms with Gasteiger partial charge in [0.25, 0.3) is 0 Å². The van der Waals surface area contributed by atoms with Crippen LogP contribution >= 0.6 is 23.2 Å². The topological polar surface area (TPSA) is 74.8 Å². The minimum atomic E-state index is -3.47. The summed E-state index contributed by atoms with van der Waals surface area (Å²) in [6.07, 6.45) is 2.13. The SMILES string of the molecule is CS(=O)(=O)N1CC(Cl)CN(S(C)(=O)=O)C(CCl)C1. The molecule has 0 spiro atoms. The quantitative estimate of drug-likeness (QED) is 0.664. The minimum absolute atomic E-state index is 0.0166. The van der Waals surface area contributed by atoms with E-state index in [9.17, 15) is 16.8 Å². The lowest BCUT2D eigenvalue weighted by atomic mass is 10.3. The lowest BCUT2D eigenvalue weighted by Crippen LogP contribution is -2.46. The van der Waals surface area contributed by atoms with Crippen LogP contribution in [0.15, 0.2) is 0 Å². The van der Waals surface area contributed by atoms with Gasteiger partial charge in [0.2, 0.25) is 20.0 Å². The van der Waals surface area contributed by atoms with E-state index in [0.29, 0.717) is 0 Å². The van der Waals surface area contributed by atoms with Crippen molar-refractivity contribution in [1.82, 2.24) is 8.61 Å². The second-order valence-corrected chi connectivity index (χ2v) is 9.16. The molecule has 1 aliphatic heterocycles. The Labute approximate surface area is 118 Å². The van der Waals surface area contributed by atoms with Crippen molar-refractivity contribution in [1.29, 1.82) is 0 Å². The molecule has 1 saturated heterocycles. The minimum Gasteiger partial charge on any atom is -0.213 e. The molecular formula is C8H16Cl2N2O4S2. The van der Waals surface area contributed by atoms with E-state index in [1.54, 1.807) is 0 Å². The highest BCUT2D eigenvalue weighted by Gasteiger charge is 2.36. The summed E-state index contributed by atoms with van der Waals surface area (Å²) in [5, 5.41) is -0.595. The predicted octanol–water partition coefficient (Wildman–Crippen LogP) is -0.262. The smallest absolute Gasteiger partial charge is 0.211 e. The highest BCUT2D eigenvalue weighted by atomic mass is 35.5. The van der Waals surface area contributed by atoms with Crippen molar-refractivity contribution >= 4 is 43.2 Å². The first-order chi connectivity index (χ1) is 8.05. The molecule has 1 rings (SSSR count). The molecule has 10 heteroatoms. The van der Waals surface area contributed by atoms with Crippen molar-refractivity contribution in [2.24, 2.45) is 0 Å². The summed E-state index contributed by atoms with van der Waals surface area (Å²) in [6, 6.07) is -0.597. The molecule has 0 radical (unpaired) electrons. The first-order valence-corrected chi connectivity index (χ1v) is 9.84. The van der Waals surface area contributed by atoms with Crippen molar-refractivity contribution < 1.29 is 16.8 Å². The first-order valence-electron chi connectivity index (χ1n) is 5.17. The molecule has 2 atom stereocenters. The molecule has 108 valence electrons. The molecule has 0 aromatic rings. The second kappa shape index (κ2) is 5.80. The third kappa shape index (κ3) is 4.21. The summed E-state index contributed by atoms with van der Waals surface area (Å²) in [6.45, 7) is 0.169. The summed E-state index contributed by atoms with van der Waals surface area (Å²) >= 11 is 11.7. The van der Waals surface area contributed by atoms with Crippen LogP contribution in [-0.2, 0) is 20.0 Å². The van der Waals surface area contributed by atoms with E-state index >= 15 is 0 Å². The molecule has 1 heterocycles. The largest absolute Gasteiger partial charge is 0.213 e. The van der Waals surface area contributed by atoms with Crippen molar-refractivity contribution in [2.75, 3.05) is 38.0 Å². The number of nitrogens with zero attached hydrogens (tertiary/aromatic N) is 2. The number of halogens is 2. The number of alkyl halides is 2. The first kappa shape index (κ1) is 16.5. The van der Waals surface area contributed by atoms with Gasteiger partial charge in [-0.05, 0) is 0 Å². The molecule has 6 nitrogen and oxygen atoms in total. The van der Waals surface area contributed by atoms with Gasteiger partial charge in [0.05, 0.1) is 23.9 Å². The fourth-order valence-corrected chi connectivity index (χ4v) is 4.68. The van der Waals surface area contributed by atoms with E-state index in [2.05, 4.69) is 0 Å². The van der Waals surface area contributed by atoms with Crippen molar-refractivity contribution in [3.05, 3.63) is 0 Å². The third-order valence-corrected chi connectivity index (χ3v) is 5.84. The molecule has 0 aromatic heterocycles. The summed E-state index contributed by atoms with van der Waals surface area (Å²) in [7, 11) is -6.89. The zero-order valence-corrected chi connectivity index (χ0v) is 13.2. The highest BCUT2D eigenvalue weighted by molar-refractivity contribution is 7.88. The van der Waals surface area contributed by atoms with Gasteiger partial charge in [0, 0.05) is 25.5 Å². The van der Waals surface area contributed by atoms with Crippen molar-refractivity contribution in [3.8, 4) is 0 Å². The van der Waals surface area contributed by atoms with Crippen LogP contribution in [0, 0.1) is 0 Å². The van der Waals surface area contributed by atoms with Crippen LogP contribution in [0.2, 0.25) is 0 Å². The number of rotatable bonds is 3. The monoisotopic (exact) mass is 338 g/mol. The maximum atomic E-state index is 11.7. The Morgan fingerprint density at radius 3 is 2.00 bits per heavy atom. The molecule has 1 fully saturated rings. The van der Waals surface area contributed by atoms with Crippen molar-refractivity contribution in [3.63, 3.8) is 0 Å². The lowest BCUT2D eigenvalue weighted by molar-refractivity contribution is 0.332. The van der Waals surface area contributed by atoms with E-state index in [4.69, 9.17) is 23.2 Å². The Hall–Kier alpha value is 0.400. The van der Waals surface area contributed by atoms with E-state index < -0.39 is 31.5 Å². The van der Waals surface area contributed by atoms with Gasteiger partial charge in [-0.3, -0.25) is 0 Å². The van der Waals surface area contributed by atoms with Gasteiger partial charge in [-0.2, -0.15) is 8.61 Å². The summed E-state index contributed by atoms with van der Waals surface area (Å²) < 4.78 is 48.8. The van der Waals surface area contributed by atoms with Gasteiger partial charge in [-0.1, -0.05) is 0 Å². The molecule has 0 bridgehead atoms. The van der Waals surface area contributed by atoms with Crippen LogP contribution in [0.5, 0.6) is 0 Å². The van der Waals surface area contributed by atoms with Crippen LogP contribution < -0.4 is 0 Å². The van der Waals surface area contributed by atoms with Gasteiger partial charge in [0.1, 0.15) is 0 Å². The molecule has 1 aliphatic rings. The Balaban J connectivity index is 3.09. The zero-order chi connectivity index (χ0) is 14.1. The van der Waals surface area contributed by atoms with Crippen LogP contribution in [-0.4, -0.2) is 74.9 Å². The Morgan fingerprint density at radius 1 is 1.06 bits per heavy atom. The normalized spacial score (nSPS) is 29.1.